The van der Waals surface area contributed by atoms with Gasteiger partial charge in [0.05, 0.1) is 0 Å². The molecule has 1 unspecified atom stereocenters. The molecule has 0 N–H and O–H groups in total. The SMILES string of the molecule is C=C(OS(=O)(=O)C(F)(F)F)C1CCC(F)(F)C1. The van der Waals surface area contributed by atoms with E-state index in [-0.39, 0.29) is 6.42 Å². The summed E-state index contributed by atoms with van der Waals surface area (Å²) in [5.41, 5.74) is -5.59. The van der Waals surface area contributed by atoms with Gasteiger partial charge >= 0.3 is 15.6 Å². The first-order valence-corrected chi connectivity index (χ1v) is 5.93. The lowest BCUT2D eigenvalue weighted by Crippen LogP contribution is -2.26. The highest BCUT2D eigenvalue weighted by atomic mass is 32.2. The molecule has 1 rings (SSSR count). The van der Waals surface area contributed by atoms with Gasteiger partial charge in [-0.05, 0) is 6.42 Å². The lowest BCUT2D eigenvalue weighted by Gasteiger charge is -2.15. The molecule has 17 heavy (non-hydrogen) atoms. The van der Waals surface area contributed by atoms with Gasteiger partial charge in [0.2, 0.25) is 5.92 Å². The van der Waals surface area contributed by atoms with E-state index < -0.39 is 46.1 Å². The third-order valence-electron chi connectivity index (χ3n) is 2.36. The molecule has 0 heterocycles. The number of allylic oxidation sites excluding steroid dienone is 1. The largest absolute Gasteiger partial charge is 0.534 e. The van der Waals surface area contributed by atoms with Gasteiger partial charge < -0.3 is 4.18 Å². The molecule has 0 bridgehead atoms. The molecule has 1 aliphatic carbocycles. The standard InChI is InChI=1S/C8H9F5O3S/c1-5(6-2-3-7(9,10)4-6)16-17(14,15)8(11,12)13/h6H,1-4H2. The fourth-order valence-electron chi connectivity index (χ4n) is 1.48. The molecule has 3 nitrogen and oxygen atoms in total. The van der Waals surface area contributed by atoms with Gasteiger partial charge in [0.1, 0.15) is 5.76 Å². The van der Waals surface area contributed by atoms with Crippen LogP contribution in [0.15, 0.2) is 12.3 Å². The monoisotopic (exact) mass is 280 g/mol. The minimum Gasteiger partial charge on any atom is -0.381 e. The molecule has 1 aliphatic rings. The van der Waals surface area contributed by atoms with Crippen LogP contribution in [0, 0.1) is 5.92 Å². The number of halogens is 5. The molecule has 0 saturated heterocycles. The zero-order chi connectivity index (χ0) is 13.5. The first-order valence-electron chi connectivity index (χ1n) is 4.52. The van der Waals surface area contributed by atoms with Crippen molar-refractivity contribution in [2.24, 2.45) is 5.92 Å². The van der Waals surface area contributed by atoms with Crippen LogP contribution in [0.25, 0.3) is 0 Å². The number of rotatable bonds is 3. The maximum Gasteiger partial charge on any atom is 0.534 e. The van der Waals surface area contributed by atoms with E-state index in [4.69, 9.17) is 0 Å². The summed E-state index contributed by atoms with van der Waals surface area (Å²) in [6, 6.07) is 0. The molecule has 0 amide bonds. The molecule has 1 saturated carbocycles. The molecule has 1 fully saturated rings. The Balaban J connectivity index is 2.70. The lowest BCUT2D eigenvalue weighted by molar-refractivity contribution is -0.0528. The Kier molecular flexibility index (Phi) is 3.43. The molecule has 0 aliphatic heterocycles. The summed E-state index contributed by atoms with van der Waals surface area (Å²) >= 11 is 0. The molecule has 0 aromatic rings. The fraction of sp³-hybridized carbons (Fsp3) is 0.750. The second kappa shape index (κ2) is 4.11. The van der Waals surface area contributed by atoms with Crippen LogP contribution in [0.3, 0.4) is 0 Å². The average Bonchev–Trinajstić information content (AvgIpc) is 2.43. The molecule has 100 valence electrons. The Hall–Kier alpha value is -0.860. The van der Waals surface area contributed by atoms with E-state index in [0.717, 1.165) is 0 Å². The van der Waals surface area contributed by atoms with Crippen molar-refractivity contribution in [3.05, 3.63) is 12.3 Å². The van der Waals surface area contributed by atoms with Gasteiger partial charge in [0.25, 0.3) is 0 Å². The second-order valence-electron chi connectivity index (χ2n) is 3.75. The molecule has 0 aromatic carbocycles. The van der Waals surface area contributed by atoms with Crippen molar-refractivity contribution < 1.29 is 34.6 Å². The third kappa shape index (κ3) is 3.30. The summed E-state index contributed by atoms with van der Waals surface area (Å²) in [5, 5.41) is 0. The van der Waals surface area contributed by atoms with Crippen LogP contribution in [0.5, 0.6) is 0 Å². The van der Waals surface area contributed by atoms with Crippen molar-refractivity contribution in [2.75, 3.05) is 0 Å². The minimum atomic E-state index is -5.82. The van der Waals surface area contributed by atoms with Crippen LogP contribution in [0.4, 0.5) is 22.0 Å². The van der Waals surface area contributed by atoms with Gasteiger partial charge in [-0.25, -0.2) is 8.78 Å². The first-order chi connectivity index (χ1) is 7.45. The summed E-state index contributed by atoms with van der Waals surface area (Å²) in [4.78, 5) is 0. The maximum absolute atomic E-state index is 12.8. The Morgan fingerprint density at radius 1 is 1.35 bits per heavy atom. The van der Waals surface area contributed by atoms with Crippen LogP contribution in [0.2, 0.25) is 0 Å². The van der Waals surface area contributed by atoms with E-state index in [9.17, 15) is 30.4 Å². The Morgan fingerprint density at radius 2 is 1.88 bits per heavy atom. The first kappa shape index (κ1) is 14.2. The summed E-state index contributed by atoms with van der Waals surface area (Å²) in [6.45, 7) is 2.97. The van der Waals surface area contributed by atoms with Crippen LogP contribution in [0.1, 0.15) is 19.3 Å². The van der Waals surface area contributed by atoms with Crippen molar-refractivity contribution in [3.8, 4) is 0 Å². The van der Waals surface area contributed by atoms with Crippen molar-refractivity contribution in [3.63, 3.8) is 0 Å². The summed E-state index contributed by atoms with van der Waals surface area (Å²) in [5.74, 6) is -4.89. The zero-order valence-corrected chi connectivity index (χ0v) is 9.25. The van der Waals surface area contributed by atoms with Gasteiger partial charge in [-0.15, -0.1) is 0 Å². The predicted octanol–water partition coefficient (Wildman–Crippen LogP) is 2.80. The maximum atomic E-state index is 12.8. The van der Waals surface area contributed by atoms with Crippen LogP contribution in [-0.4, -0.2) is 19.8 Å². The smallest absolute Gasteiger partial charge is 0.381 e. The quantitative estimate of drug-likeness (QED) is 0.345. The van der Waals surface area contributed by atoms with Gasteiger partial charge in [0, 0.05) is 18.8 Å². The van der Waals surface area contributed by atoms with Crippen molar-refractivity contribution in [1.82, 2.24) is 0 Å². The molecule has 9 heteroatoms. The lowest BCUT2D eigenvalue weighted by atomic mass is 10.1. The van der Waals surface area contributed by atoms with Crippen LogP contribution < -0.4 is 0 Å². The minimum absolute atomic E-state index is 0.154. The van der Waals surface area contributed by atoms with Crippen LogP contribution in [-0.2, 0) is 14.3 Å². The van der Waals surface area contributed by atoms with E-state index in [1.54, 1.807) is 0 Å². The normalized spacial score (nSPS) is 24.6. The highest BCUT2D eigenvalue weighted by molar-refractivity contribution is 7.87. The third-order valence-corrected chi connectivity index (χ3v) is 3.36. The second-order valence-corrected chi connectivity index (χ2v) is 5.28. The van der Waals surface area contributed by atoms with E-state index in [0.29, 0.717) is 0 Å². The van der Waals surface area contributed by atoms with Crippen molar-refractivity contribution in [1.29, 1.82) is 0 Å². The number of hydrogen-bond donors (Lipinski definition) is 0. The van der Waals surface area contributed by atoms with E-state index in [1.165, 1.54) is 0 Å². The molecule has 0 aromatic heterocycles. The number of alkyl halides is 5. The highest BCUT2D eigenvalue weighted by Crippen LogP contribution is 2.43. The molecular weight excluding hydrogens is 271 g/mol. The molecule has 0 radical (unpaired) electrons. The zero-order valence-electron chi connectivity index (χ0n) is 8.43. The number of hydrogen-bond acceptors (Lipinski definition) is 3. The Morgan fingerprint density at radius 3 is 2.24 bits per heavy atom. The molecule has 0 spiro atoms. The fourth-order valence-corrected chi connectivity index (χ4v) is 1.99. The van der Waals surface area contributed by atoms with E-state index >= 15 is 0 Å². The molecular formula is C8H9F5O3S. The highest BCUT2D eigenvalue weighted by Gasteiger charge is 2.50. The Labute approximate surface area is 94.4 Å². The van der Waals surface area contributed by atoms with Gasteiger partial charge in [-0.2, -0.15) is 21.6 Å². The average molecular weight is 280 g/mol. The van der Waals surface area contributed by atoms with E-state index in [1.807, 2.05) is 0 Å². The van der Waals surface area contributed by atoms with E-state index in [2.05, 4.69) is 10.8 Å². The summed E-state index contributed by atoms with van der Waals surface area (Å²) < 4.78 is 86.2. The predicted molar refractivity (Wildman–Crippen MR) is 47.5 cm³/mol. The van der Waals surface area contributed by atoms with Gasteiger partial charge in [-0.3, -0.25) is 0 Å². The van der Waals surface area contributed by atoms with Crippen molar-refractivity contribution in [2.45, 2.75) is 30.7 Å². The summed E-state index contributed by atoms with van der Waals surface area (Å²) in [7, 11) is -5.82. The van der Waals surface area contributed by atoms with Gasteiger partial charge in [-0.1, -0.05) is 6.58 Å². The van der Waals surface area contributed by atoms with Crippen LogP contribution >= 0.6 is 0 Å². The Bertz CT molecular complexity index is 411. The topological polar surface area (TPSA) is 43.4 Å². The summed E-state index contributed by atoms with van der Waals surface area (Å²) in [6.07, 6.45) is -1.43. The van der Waals surface area contributed by atoms with Gasteiger partial charge in [0.15, 0.2) is 0 Å². The molecule has 1 atom stereocenters. The van der Waals surface area contributed by atoms with Crippen molar-refractivity contribution >= 4 is 10.1 Å².